The van der Waals surface area contributed by atoms with Crippen molar-refractivity contribution in [3.05, 3.63) is 70.8 Å². The summed E-state index contributed by atoms with van der Waals surface area (Å²) in [6, 6.07) is 12.2. The van der Waals surface area contributed by atoms with Crippen LogP contribution in [0, 0.1) is 11.8 Å². The molecular weight excluding hydrogens is 492 g/mol. The van der Waals surface area contributed by atoms with Crippen molar-refractivity contribution in [2.45, 2.75) is 77.5 Å². The molecule has 1 saturated heterocycles. The van der Waals surface area contributed by atoms with E-state index in [1.165, 1.54) is 16.0 Å². The first-order chi connectivity index (χ1) is 18.4. The van der Waals surface area contributed by atoms with Crippen molar-refractivity contribution in [1.29, 1.82) is 0 Å². The van der Waals surface area contributed by atoms with E-state index < -0.39 is 23.7 Å². The maximum Gasteiger partial charge on any atom is 0.251 e. The van der Waals surface area contributed by atoms with Crippen molar-refractivity contribution in [3.63, 3.8) is 0 Å². The summed E-state index contributed by atoms with van der Waals surface area (Å²) < 4.78 is 0. The van der Waals surface area contributed by atoms with Gasteiger partial charge in [0.15, 0.2) is 0 Å². The van der Waals surface area contributed by atoms with Crippen LogP contribution in [0.3, 0.4) is 0 Å². The summed E-state index contributed by atoms with van der Waals surface area (Å²) in [6.07, 6.45) is 1.80. The highest BCUT2D eigenvalue weighted by molar-refractivity contribution is 6.00. The highest BCUT2D eigenvalue weighted by Crippen LogP contribution is 2.35. The second-order valence-electron chi connectivity index (χ2n) is 12.2. The van der Waals surface area contributed by atoms with E-state index in [0.29, 0.717) is 30.4 Å². The minimum absolute atomic E-state index is 0.0942. The number of piperazine rings is 1. The molecule has 1 aliphatic heterocycles. The molecule has 4 amide bonds. The zero-order valence-corrected chi connectivity index (χ0v) is 23.7. The Balaban J connectivity index is 1.77. The normalized spacial score (nSPS) is 20.4. The van der Waals surface area contributed by atoms with Crippen LogP contribution in [0.25, 0.3) is 0 Å². The zero-order chi connectivity index (χ0) is 28.5. The Hall–Kier alpha value is -3.68. The molecule has 1 fully saturated rings. The van der Waals surface area contributed by atoms with Gasteiger partial charge < -0.3 is 20.9 Å². The van der Waals surface area contributed by atoms with Crippen LogP contribution in [0.15, 0.2) is 48.5 Å². The van der Waals surface area contributed by atoms with E-state index in [9.17, 15) is 19.2 Å². The van der Waals surface area contributed by atoms with E-state index in [2.05, 4.69) is 28.1 Å². The molecule has 2 aliphatic rings. The van der Waals surface area contributed by atoms with Crippen LogP contribution in [0.5, 0.6) is 0 Å². The number of benzene rings is 2. The summed E-state index contributed by atoms with van der Waals surface area (Å²) in [5.74, 6) is -1.07. The SMILES string of the molecule is CNC(=O)c1ccc([C@H](C(=O)NC(C)(C)C)N2C(=O)C(C3Cc4ccccc4C3)NC(=O)[C@H]2CC(C)C)cc1. The topological polar surface area (TPSA) is 108 Å². The number of hydrogen-bond donors (Lipinski definition) is 3. The molecule has 0 radical (unpaired) electrons. The van der Waals surface area contributed by atoms with Gasteiger partial charge in [0.2, 0.25) is 17.7 Å². The third kappa shape index (κ3) is 6.15. The first kappa shape index (κ1) is 28.3. The van der Waals surface area contributed by atoms with E-state index in [4.69, 9.17) is 0 Å². The number of nitrogens with one attached hydrogen (secondary N) is 3. The van der Waals surface area contributed by atoms with E-state index in [0.717, 1.165) is 0 Å². The number of rotatable bonds is 7. The molecule has 0 saturated carbocycles. The fourth-order valence-corrected chi connectivity index (χ4v) is 5.71. The molecule has 1 unspecified atom stereocenters. The summed E-state index contributed by atoms with van der Waals surface area (Å²) in [5.41, 5.74) is 2.81. The zero-order valence-electron chi connectivity index (χ0n) is 23.7. The van der Waals surface area contributed by atoms with Gasteiger partial charge in [-0.15, -0.1) is 0 Å². The van der Waals surface area contributed by atoms with Gasteiger partial charge in [-0.25, -0.2) is 0 Å². The highest BCUT2D eigenvalue weighted by Gasteiger charge is 2.49. The number of hydrogen-bond acceptors (Lipinski definition) is 4. The van der Waals surface area contributed by atoms with Crippen LogP contribution in [0.1, 0.15) is 74.1 Å². The molecule has 2 aromatic carbocycles. The third-order valence-corrected chi connectivity index (χ3v) is 7.45. The van der Waals surface area contributed by atoms with Crippen molar-refractivity contribution >= 4 is 23.6 Å². The quantitative estimate of drug-likeness (QED) is 0.509. The minimum Gasteiger partial charge on any atom is -0.355 e. The predicted octanol–water partition coefficient (Wildman–Crippen LogP) is 3.16. The molecule has 8 heteroatoms. The van der Waals surface area contributed by atoms with Crippen LogP contribution in [0.2, 0.25) is 0 Å². The summed E-state index contributed by atoms with van der Waals surface area (Å²) in [5, 5.41) is 8.66. The summed E-state index contributed by atoms with van der Waals surface area (Å²) >= 11 is 0. The second-order valence-corrected chi connectivity index (χ2v) is 12.2. The molecule has 1 heterocycles. The van der Waals surface area contributed by atoms with Crippen molar-refractivity contribution in [3.8, 4) is 0 Å². The summed E-state index contributed by atoms with van der Waals surface area (Å²) in [7, 11) is 1.55. The fraction of sp³-hybridized carbons (Fsp3) is 0.484. The number of carbonyl (C=O) groups excluding carboxylic acids is 4. The Bertz CT molecular complexity index is 1220. The van der Waals surface area contributed by atoms with E-state index in [1.807, 2.05) is 46.8 Å². The van der Waals surface area contributed by atoms with Crippen LogP contribution in [-0.2, 0) is 27.2 Å². The van der Waals surface area contributed by atoms with E-state index in [1.54, 1.807) is 31.3 Å². The van der Waals surface area contributed by atoms with Crippen molar-refractivity contribution in [2.24, 2.45) is 11.8 Å². The first-order valence-electron chi connectivity index (χ1n) is 13.7. The average Bonchev–Trinajstić information content (AvgIpc) is 3.30. The van der Waals surface area contributed by atoms with E-state index in [-0.39, 0.29) is 35.5 Å². The van der Waals surface area contributed by atoms with Gasteiger partial charge in [-0.05, 0) is 80.7 Å². The van der Waals surface area contributed by atoms with Crippen LogP contribution in [-0.4, -0.2) is 53.2 Å². The number of carbonyl (C=O) groups is 4. The molecule has 3 atom stereocenters. The maximum atomic E-state index is 14.4. The summed E-state index contributed by atoms with van der Waals surface area (Å²) in [6.45, 7) is 9.64. The Morgan fingerprint density at radius 2 is 1.59 bits per heavy atom. The summed E-state index contributed by atoms with van der Waals surface area (Å²) in [4.78, 5) is 55.6. The van der Waals surface area contributed by atoms with Gasteiger partial charge in [0.1, 0.15) is 18.1 Å². The number of amides is 4. The van der Waals surface area contributed by atoms with Crippen molar-refractivity contribution < 1.29 is 19.2 Å². The number of nitrogens with zero attached hydrogens (tertiary/aromatic N) is 1. The molecule has 208 valence electrons. The molecule has 8 nitrogen and oxygen atoms in total. The lowest BCUT2D eigenvalue weighted by Gasteiger charge is -2.45. The standard InChI is InChI=1S/C31H40N4O4/c1-18(2)15-24-28(37)33-25(23-16-21-9-7-8-10-22(21)17-23)30(39)35(24)26(29(38)34-31(3,4)5)19-11-13-20(14-12-19)27(36)32-6/h7-14,18,23-26H,15-17H2,1-6H3,(H,32,36)(H,33,37)(H,34,38)/t24-,25?,26-/m1/s1. The largest absolute Gasteiger partial charge is 0.355 e. The Labute approximate surface area is 230 Å². The van der Waals surface area contributed by atoms with Gasteiger partial charge in [0, 0.05) is 18.2 Å². The van der Waals surface area contributed by atoms with Crippen molar-refractivity contribution in [2.75, 3.05) is 7.05 Å². The maximum absolute atomic E-state index is 14.4. The molecule has 3 N–H and O–H groups in total. The number of fused-ring (bicyclic) bond motifs is 1. The predicted molar refractivity (Wildman–Crippen MR) is 150 cm³/mol. The average molecular weight is 533 g/mol. The Kier molecular flexibility index (Phi) is 8.14. The van der Waals surface area contributed by atoms with Gasteiger partial charge in [-0.1, -0.05) is 50.2 Å². The lowest BCUT2D eigenvalue weighted by molar-refractivity contribution is -0.158. The van der Waals surface area contributed by atoms with Crippen LogP contribution in [0.4, 0.5) is 0 Å². The molecule has 1 aliphatic carbocycles. The van der Waals surface area contributed by atoms with Crippen LogP contribution >= 0.6 is 0 Å². The monoisotopic (exact) mass is 532 g/mol. The van der Waals surface area contributed by atoms with Gasteiger partial charge in [-0.3, -0.25) is 19.2 Å². The second kappa shape index (κ2) is 11.2. The van der Waals surface area contributed by atoms with Gasteiger partial charge in [0.05, 0.1) is 0 Å². The molecule has 2 aromatic rings. The minimum atomic E-state index is -1.03. The van der Waals surface area contributed by atoms with E-state index >= 15 is 0 Å². The lowest BCUT2D eigenvalue weighted by atomic mass is 9.87. The molecule has 0 spiro atoms. The molecule has 39 heavy (non-hydrogen) atoms. The fourth-order valence-electron chi connectivity index (χ4n) is 5.71. The molecule has 4 rings (SSSR count). The van der Waals surface area contributed by atoms with Gasteiger partial charge in [-0.2, -0.15) is 0 Å². The lowest BCUT2D eigenvalue weighted by Crippen LogP contribution is -2.67. The highest BCUT2D eigenvalue weighted by atomic mass is 16.2. The molecule has 0 aromatic heterocycles. The smallest absolute Gasteiger partial charge is 0.251 e. The Morgan fingerprint density at radius 3 is 2.10 bits per heavy atom. The molecular formula is C31H40N4O4. The third-order valence-electron chi connectivity index (χ3n) is 7.45. The Morgan fingerprint density at radius 1 is 1.00 bits per heavy atom. The molecule has 0 bridgehead atoms. The first-order valence-corrected chi connectivity index (χ1v) is 13.7. The van der Waals surface area contributed by atoms with Gasteiger partial charge >= 0.3 is 0 Å². The van der Waals surface area contributed by atoms with Crippen molar-refractivity contribution in [1.82, 2.24) is 20.9 Å². The van der Waals surface area contributed by atoms with Gasteiger partial charge in [0.25, 0.3) is 5.91 Å². The van der Waals surface area contributed by atoms with Crippen LogP contribution < -0.4 is 16.0 Å².